The van der Waals surface area contributed by atoms with E-state index >= 15 is 0 Å². The number of carbonyl (C=O) groups is 1. The van der Waals surface area contributed by atoms with Crippen molar-refractivity contribution in [3.63, 3.8) is 0 Å². The highest BCUT2D eigenvalue weighted by Crippen LogP contribution is 2.32. The van der Waals surface area contributed by atoms with E-state index < -0.39 is 5.97 Å². The van der Waals surface area contributed by atoms with Crippen LogP contribution in [0.25, 0.3) is 0 Å². The molecule has 1 atom stereocenters. The van der Waals surface area contributed by atoms with Crippen LogP contribution in [0.2, 0.25) is 0 Å². The number of ether oxygens (including phenoxy) is 1. The van der Waals surface area contributed by atoms with Crippen LogP contribution in [0.5, 0.6) is 0 Å². The van der Waals surface area contributed by atoms with Crippen LogP contribution in [0.1, 0.15) is 46.2 Å². The average molecular weight is 314 g/mol. The highest BCUT2D eigenvalue weighted by molar-refractivity contribution is 5.84. The molecule has 0 spiro atoms. The fraction of sp³-hybridized carbons (Fsp3) is 0.471. The van der Waals surface area contributed by atoms with E-state index in [1.54, 1.807) is 11.0 Å². The Morgan fingerprint density at radius 3 is 2.91 bits per heavy atom. The number of benzene rings is 1. The lowest BCUT2D eigenvalue weighted by Gasteiger charge is -2.25. The van der Waals surface area contributed by atoms with Crippen molar-refractivity contribution in [3.8, 4) is 0 Å². The molecule has 2 heterocycles. The number of nitrogens with zero attached hydrogens (tertiary/aromatic N) is 4. The third-order valence-electron chi connectivity index (χ3n) is 4.51. The molecular formula is C17H22N4O2. The number of hydrogen-bond donors (Lipinski definition) is 0. The Bertz CT molecular complexity index is 710. The van der Waals surface area contributed by atoms with E-state index in [4.69, 9.17) is 0 Å². The fourth-order valence-electron chi connectivity index (χ4n) is 3.08. The number of methoxy groups -OCH3 is 1. The summed E-state index contributed by atoms with van der Waals surface area (Å²) in [5.74, 6) is -0.398. The zero-order chi connectivity index (χ0) is 16.4. The van der Waals surface area contributed by atoms with E-state index in [1.807, 2.05) is 0 Å². The summed E-state index contributed by atoms with van der Waals surface area (Å²) in [7, 11) is 1.33. The van der Waals surface area contributed by atoms with Crippen LogP contribution in [0.15, 0.2) is 24.5 Å². The zero-order valence-corrected chi connectivity index (χ0v) is 13.8. The predicted octanol–water partition coefficient (Wildman–Crippen LogP) is 2.48. The fourth-order valence-corrected chi connectivity index (χ4v) is 3.08. The summed E-state index contributed by atoms with van der Waals surface area (Å²) in [6, 6.07) is 7.07. The second-order valence-corrected chi connectivity index (χ2v) is 6.05. The van der Waals surface area contributed by atoms with Gasteiger partial charge in [0.15, 0.2) is 0 Å². The minimum absolute atomic E-state index is 0.106. The van der Waals surface area contributed by atoms with E-state index in [9.17, 15) is 4.79 Å². The maximum Gasteiger partial charge on any atom is 0.377 e. The van der Waals surface area contributed by atoms with Crippen LogP contribution in [0.4, 0.5) is 0 Å². The zero-order valence-electron chi connectivity index (χ0n) is 13.8. The number of aryl methyl sites for hydroxylation is 2. The first kappa shape index (κ1) is 15.7. The highest BCUT2D eigenvalue weighted by atomic mass is 16.5. The molecule has 0 bridgehead atoms. The third kappa shape index (κ3) is 3.27. The van der Waals surface area contributed by atoms with Crippen LogP contribution in [-0.2, 0) is 11.4 Å². The summed E-state index contributed by atoms with van der Waals surface area (Å²) in [6.45, 7) is 5.93. The Hall–Kier alpha value is -2.21. The molecule has 23 heavy (non-hydrogen) atoms. The Morgan fingerprint density at radius 2 is 2.17 bits per heavy atom. The van der Waals surface area contributed by atoms with Crippen molar-refractivity contribution in [2.24, 2.45) is 0 Å². The van der Waals surface area contributed by atoms with Crippen molar-refractivity contribution in [1.82, 2.24) is 19.7 Å². The van der Waals surface area contributed by atoms with Gasteiger partial charge in [-0.15, -0.1) is 5.10 Å². The molecule has 0 amide bonds. The van der Waals surface area contributed by atoms with Gasteiger partial charge in [-0.05, 0) is 43.4 Å². The van der Waals surface area contributed by atoms with Crippen LogP contribution >= 0.6 is 0 Å². The molecule has 6 nitrogen and oxygen atoms in total. The number of esters is 1. The number of hydrogen-bond acceptors (Lipinski definition) is 5. The maximum absolute atomic E-state index is 11.4. The van der Waals surface area contributed by atoms with E-state index in [2.05, 4.69) is 51.8 Å². The predicted molar refractivity (Wildman–Crippen MR) is 86.0 cm³/mol. The lowest BCUT2D eigenvalue weighted by Crippen LogP contribution is -2.26. The van der Waals surface area contributed by atoms with Crippen molar-refractivity contribution in [2.75, 3.05) is 13.7 Å². The van der Waals surface area contributed by atoms with Crippen molar-refractivity contribution < 1.29 is 9.53 Å². The normalized spacial score (nSPS) is 18.3. The van der Waals surface area contributed by atoms with Gasteiger partial charge in [0.05, 0.1) is 13.8 Å². The molecule has 1 fully saturated rings. The van der Waals surface area contributed by atoms with Crippen molar-refractivity contribution in [2.45, 2.75) is 39.4 Å². The lowest BCUT2D eigenvalue weighted by atomic mass is 9.99. The molecule has 1 saturated heterocycles. The van der Waals surface area contributed by atoms with Gasteiger partial charge in [-0.1, -0.05) is 18.2 Å². The van der Waals surface area contributed by atoms with E-state index in [-0.39, 0.29) is 5.82 Å². The summed E-state index contributed by atoms with van der Waals surface area (Å²) in [4.78, 5) is 17.8. The standard InChI is InChI=1S/C17H22N4O2/c1-12-6-7-14(9-13(12)2)15-5-4-8-20(15)11-21-10-18-16(19-21)17(22)23-3/h6-7,9-10,15H,4-5,8,11H2,1-3H3/t15-/m0/s1. The van der Waals surface area contributed by atoms with Crippen molar-refractivity contribution >= 4 is 5.97 Å². The first-order valence-electron chi connectivity index (χ1n) is 7.87. The molecule has 0 N–H and O–H groups in total. The topological polar surface area (TPSA) is 60.2 Å². The van der Waals surface area contributed by atoms with Gasteiger partial charge in [0.2, 0.25) is 0 Å². The number of rotatable bonds is 4. The molecule has 1 aliphatic heterocycles. The minimum Gasteiger partial charge on any atom is -0.463 e. The second-order valence-electron chi connectivity index (χ2n) is 6.05. The van der Waals surface area contributed by atoms with Gasteiger partial charge in [-0.2, -0.15) is 0 Å². The SMILES string of the molecule is COC(=O)c1ncn(CN2CCC[C@H]2c2ccc(C)c(C)c2)n1. The van der Waals surface area contributed by atoms with Gasteiger partial charge < -0.3 is 4.74 Å². The summed E-state index contributed by atoms with van der Waals surface area (Å²) >= 11 is 0. The molecule has 0 aliphatic carbocycles. The molecule has 0 unspecified atom stereocenters. The van der Waals surface area contributed by atoms with E-state index in [0.717, 1.165) is 19.4 Å². The minimum atomic E-state index is -0.504. The molecule has 122 valence electrons. The van der Waals surface area contributed by atoms with E-state index in [0.29, 0.717) is 12.7 Å². The first-order chi connectivity index (χ1) is 11.1. The van der Waals surface area contributed by atoms with Crippen molar-refractivity contribution in [3.05, 3.63) is 47.0 Å². The van der Waals surface area contributed by atoms with Gasteiger partial charge in [0.25, 0.3) is 5.82 Å². The van der Waals surface area contributed by atoms with Gasteiger partial charge in [-0.25, -0.2) is 14.5 Å². The van der Waals surface area contributed by atoms with Crippen LogP contribution in [-0.4, -0.2) is 39.3 Å². The Labute approximate surface area is 136 Å². The number of likely N-dealkylation sites (tertiary alicyclic amines) is 1. The van der Waals surface area contributed by atoms with Crippen LogP contribution in [0.3, 0.4) is 0 Å². The second kappa shape index (κ2) is 6.50. The van der Waals surface area contributed by atoms with Crippen LogP contribution < -0.4 is 0 Å². The van der Waals surface area contributed by atoms with Gasteiger partial charge in [0.1, 0.15) is 6.33 Å². The molecule has 0 saturated carbocycles. The Balaban J connectivity index is 1.75. The Morgan fingerprint density at radius 1 is 1.35 bits per heavy atom. The summed E-state index contributed by atoms with van der Waals surface area (Å²) in [6.07, 6.45) is 3.89. The maximum atomic E-state index is 11.4. The summed E-state index contributed by atoms with van der Waals surface area (Å²) in [5.41, 5.74) is 3.99. The molecule has 6 heteroatoms. The van der Waals surface area contributed by atoms with Gasteiger partial charge in [0, 0.05) is 12.6 Å². The van der Waals surface area contributed by atoms with Gasteiger partial charge in [-0.3, -0.25) is 4.90 Å². The number of aromatic nitrogens is 3. The molecule has 0 radical (unpaired) electrons. The molecule has 1 aromatic heterocycles. The Kier molecular flexibility index (Phi) is 4.43. The summed E-state index contributed by atoms with van der Waals surface area (Å²) < 4.78 is 6.34. The van der Waals surface area contributed by atoms with Gasteiger partial charge >= 0.3 is 5.97 Å². The highest BCUT2D eigenvalue weighted by Gasteiger charge is 2.26. The number of carbonyl (C=O) groups excluding carboxylic acids is 1. The summed E-state index contributed by atoms with van der Waals surface area (Å²) in [5, 5.41) is 4.19. The molecule has 2 aromatic rings. The van der Waals surface area contributed by atoms with Crippen molar-refractivity contribution in [1.29, 1.82) is 0 Å². The molecule has 1 aliphatic rings. The largest absolute Gasteiger partial charge is 0.463 e. The first-order valence-corrected chi connectivity index (χ1v) is 7.87. The quantitative estimate of drug-likeness (QED) is 0.811. The smallest absolute Gasteiger partial charge is 0.377 e. The monoisotopic (exact) mass is 314 g/mol. The van der Waals surface area contributed by atoms with Crippen LogP contribution in [0, 0.1) is 13.8 Å². The molecule has 3 rings (SSSR count). The molecule has 1 aromatic carbocycles. The molecular weight excluding hydrogens is 292 g/mol. The average Bonchev–Trinajstić information content (AvgIpc) is 3.19. The lowest BCUT2D eigenvalue weighted by molar-refractivity contribution is 0.0585. The third-order valence-corrected chi connectivity index (χ3v) is 4.51. The van der Waals surface area contributed by atoms with E-state index in [1.165, 1.54) is 23.8 Å².